The van der Waals surface area contributed by atoms with Crippen LogP contribution in [-0.2, 0) is 14.3 Å². The first-order valence-corrected chi connectivity index (χ1v) is 5.42. The van der Waals surface area contributed by atoms with Crippen LogP contribution in [0.1, 0.15) is 26.7 Å². The molecular weight excluding hydrogens is 180 g/mol. The molecule has 0 aromatic heterocycles. The molecule has 1 fully saturated rings. The molecule has 3 heteroatoms. The van der Waals surface area contributed by atoms with Crippen molar-refractivity contribution in [1.82, 2.24) is 0 Å². The first-order valence-electron chi connectivity index (χ1n) is 5.42. The summed E-state index contributed by atoms with van der Waals surface area (Å²) in [4.78, 5) is 11.4. The number of carbonyl (C=O) groups is 1. The van der Waals surface area contributed by atoms with Crippen LogP contribution in [0.5, 0.6) is 0 Å². The van der Waals surface area contributed by atoms with Gasteiger partial charge in [-0.3, -0.25) is 4.79 Å². The van der Waals surface area contributed by atoms with Crippen LogP contribution >= 0.6 is 0 Å². The molecule has 0 bridgehead atoms. The zero-order valence-electron chi connectivity index (χ0n) is 9.12. The molecule has 0 aromatic carbocycles. The van der Waals surface area contributed by atoms with Gasteiger partial charge in [-0.1, -0.05) is 13.8 Å². The highest BCUT2D eigenvalue weighted by Crippen LogP contribution is 2.12. The minimum Gasteiger partial charge on any atom is -0.381 e. The summed E-state index contributed by atoms with van der Waals surface area (Å²) in [7, 11) is 0. The molecule has 1 aliphatic heterocycles. The SMILES string of the molecule is CCC(C)C(=O)COCC1CCOC1. The van der Waals surface area contributed by atoms with E-state index in [1.807, 2.05) is 13.8 Å². The van der Waals surface area contributed by atoms with Crippen LogP contribution in [0.15, 0.2) is 0 Å². The lowest BCUT2D eigenvalue weighted by Crippen LogP contribution is -2.19. The van der Waals surface area contributed by atoms with Crippen LogP contribution in [0, 0.1) is 11.8 Å². The summed E-state index contributed by atoms with van der Waals surface area (Å²) < 4.78 is 10.6. The van der Waals surface area contributed by atoms with Gasteiger partial charge in [-0.05, 0) is 12.8 Å². The van der Waals surface area contributed by atoms with Gasteiger partial charge in [0.15, 0.2) is 5.78 Å². The van der Waals surface area contributed by atoms with Crippen LogP contribution < -0.4 is 0 Å². The monoisotopic (exact) mass is 200 g/mol. The lowest BCUT2D eigenvalue weighted by atomic mass is 10.0. The number of hydrogen-bond donors (Lipinski definition) is 0. The minimum atomic E-state index is 0.134. The quantitative estimate of drug-likeness (QED) is 0.654. The van der Waals surface area contributed by atoms with Crippen molar-refractivity contribution in [2.45, 2.75) is 26.7 Å². The zero-order valence-corrected chi connectivity index (χ0v) is 9.12. The molecule has 2 unspecified atom stereocenters. The number of rotatable bonds is 6. The van der Waals surface area contributed by atoms with Crippen LogP contribution in [0.25, 0.3) is 0 Å². The maximum atomic E-state index is 11.4. The van der Waals surface area contributed by atoms with E-state index in [1.165, 1.54) is 0 Å². The molecule has 2 atom stereocenters. The Labute approximate surface area is 85.8 Å². The van der Waals surface area contributed by atoms with Gasteiger partial charge in [-0.25, -0.2) is 0 Å². The standard InChI is InChI=1S/C11H20O3/c1-3-9(2)11(12)8-14-7-10-4-5-13-6-10/h9-10H,3-8H2,1-2H3. The summed E-state index contributed by atoms with van der Waals surface area (Å²) in [6.45, 7) is 6.54. The van der Waals surface area contributed by atoms with E-state index in [2.05, 4.69) is 0 Å². The Hall–Kier alpha value is -0.410. The average Bonchev–Trinajstić information content (AvgIpc) is 2.69. The van der Waals surface area contributed by atoms with Gasteiger partial charge in [-0.2, -0.15) is 0 Å². The lowest BCUT2D eigenvalue weighted by molar-refractivity contribution is -0.127. The topological polar surface area (TPSA) is 35.5 Å². The molecule has 0 aliphatic carbocycles. The fourth-order valence-electron chi connectivity index (χ4n) is 1.41. The maximum absolute atomic E-state index is 11.4. The lowest BCUT2D eigenvalue weighted by Gasteiger charge is -2.10. The average molecular weight is 200 g/mol. The molecule has 0 amide bonds. The van der Waals surface area contributed by atoms with E-state index in [0.29, 0.717) is 12.5 Å². The van der Waals surface area contributed by atoms with Crippen LogP contribution in [0.3, 0.4) is 0 Å². The van der Waals surface area contributed by atoms with Gasteiger partial charge in [0.1, 0.15) is 6.61 Å². The van der Waals surface area contributed by atoms with Crippen LogP contribution in [0.2, 0.25) is 0 Å². The van der Waals surface area contributed by atoms with Crippen molar-refractivity contribution in [2.24, 2.45) is 11.8 Å². The second-order valence-electron chi connectivity index (χ2n) is 4.02. The molecule has 1 aliphatic rings. The van der Waals surface area contributed by atoms with E-state index >= 15 is 0 Å². The summed E-state index contributed by atoms with van der Waals surface area (Å²) in [5.74, 6) is 0.848. The van der Waals surface area contributed by atoms with Crippen molar-refractivity contribution >= 4 is 5.78 Å². The summed E-state index contributed by atoms with van der Waals surface area (Å²) in [6, 6.07) is 0. The number of ether oxygens (including phenoxy) is 2. The van der Waals surface area contributed by atoms with Crippen molar-refractivity contribution in [3.8, 4) is 0 Å². The third-order valence-corrected chi connectivity index (χ3v) is 2.78. The normalized spacial score (nSPS) is 23.7. The predicted molar refractivity (Wildman–Crippen MR) is 54.2 cm³/mol. The maximum Gasteiger partial charge on any atom is 0.161 e. The van der Waals surface area contributed by atoms with Gasteiger partial charge < -0.3 is 9.47 Å². The Morgan fingerprint density at radius 3 is 3.00 bits per heavy atom. The van der Waals surface area contributed by atoms with Gasteiger partial charge in [0.2, 0.25) is 0 Å². The van der Waals surface area contributed by atoms with Crippen molar-refractivity contribution in [2.75, 3.05) is 26.4 Å². The molecule has 0 N–H and O–H groups in total. The second kappa shape index (κ2) is 6.14. The third kappa shape index (κ3) is 3.76. The third-order valence-electron chi connectivity index (χ3n) is 2.78. The number of hydrogen-bond acceptors (Lipinski definition) is 3. The van der Waals surface area contributed by atoms with Crippen LogP contribution in [-0.4, -0.2) is 32.2 Å². The molecular formula is C11H20O3. The molecule has 1 heterocycles. The van der Waals surface area contributed by atoms with E-state index in [-0.39, 0.29) is 18.3 Å². The first kappa shape index (κ1) is 11.7. The molecule has 0 saturated carbocycles. The molecule has 0 aromatic rings. The number of Topliss-reactive ketones (excluding diaryl/α,β-unsaturated/α-hetero) is 1. The summed E-state index contributed by atoms with van der Waals surface area (Å²) in [5.41, 5.74) is 0. The number of carbonyl (C=O) groups excluding carboxylic acids is 1. The van der Waals surface area contributed by atoms with Gasteiger partial charge in [-0.15, -0.1) is 0 Å². The van der Waals surface area contributed by atoms with Crippen molar-refractivity contribution in [1.29, 1.82) is 0 Å². The summed E-state index contributed by atoms with van der Waals surface area (Å²) in [5, 5.41) is 0. The highest BCUT2D eigenvalue weighted by atomic mass is 16.5. The van der Waals surface area contributed by atoms with Crippen molar-refractivity contribution < 1.29 is 14.3 Å². The molecule has 1 rings (SSSR count). The summed E-state index contributed by atoms with van der Waals surface area (Å²) in [6.07, 6.45) is 1.96. The van der Waals surface area contributed by atoms with E-state index in [1.54, 1.807) is 0 Å². The Balaban J connectivity index is 2.05. The fraction of sp³-hybridized carbons (Fsp3) is 0.909. The Morgan fingerprint density at radius 2 is 2.43 bits per heavy atom. The highest BCUT2D eigenvalue weighted by molar-refractivity contribution is 5.81. The largest absolute Gasteiger partial charge is 0.381 e. The van der Waals surface area contributed by atoms with E-state index in [9.17, 15) is 4.79 Å². The van der Waals surface area contributed by atoms with E-state index in [4.69, 9.17) is 9.47 Å². The first-order chi connectivity index (χ1) is 6.74. The van der Waals surface area contributed by atoms with Gasteiger partial charge in [0.25, 0.3) is 0 Å². The minimum absolute atomic E-state index is 0.134. The number of ketones is 1. The van der Waals surface area contributed by atoms with Gasteiger partial charge in [0, 0.05) is 18.4 Å². The molecule has 0 spiro atoms. The van der Waals surface area contributed by atoms with Gasteiger partial charge in [0.05, 0.1) is 13.2 Å². The zero-order chi connectivity index (χ0) is 10.4. The predicted octanol–water partition coefficient (Wildman–Crippen LogP) is 1.65. The second-order valence-corrected chi connectivity index (χ2v) is 4.02. The molecule has 1 saturated heterocycles. The van der Waals surface area contributed by atoms with Crippen molar-refractivity contribution in [3.63, 3.8) is 0 Å². The smallest absolute Gasteiger partial charge is 0.161 e. The molecule has 3 nitrogen and oxygen atoms in total. The van der Waals surface area contributed by atoms with E-state index < -0.39 is 0 Å². The Kier molecular flexibility index (Phi) is 5.12. The Bertz CT molecular complexity index is 173. The molecule has 0 radical (unpaired) electrons. The van der Waals surface area contributed by atoms with Crippen LogP contribution in [0.4, 0.5) is 0 Å². The highest BCUT2D eigenvalue weighted by Gasteiger charge is 2.17. The van der Waals surface area contributed by atoms with Gasteiger partial charge >= 0.3 is 0 Å². The summed E-state index contributed by atoms with van der Waals surface area (Å²) >= 11 is 0. The Morgan fingerprint density at radius 1 is 1.64 bits per heavy atom. The fourth-order valence-corrected chi connectivity index (χ4v) is 1.41. The van der Waals surface area contributed by atoms with E-state index in [0.717, 1.165) is 26.1 Å². The molecule has 82 valence electrons. The molecule has 14 heavy (non-hydrogen) atoms. The van der Waals surface area contributed by atoms with Crippen molar-refractivity contribution in [3.05, 3.63) is 0 Å².